The van der Waals surface area contributed by atoms with Gasteiger partial charge < -0.3 is 0 Å². The Labute approximate surface area is 68.3 Å². The quantitative estimate of drug-likeness (QED) is 0.504. The van der Waals surface area contributed by atoms with Gasteiger partial charge in [-0.05, 0) is 24.7 Å². The average Bonchev–Trinajstić information content (AvgIpc) is 1.87. The number of halogens is 1. The molecule has 0 aliphatic heterocycles. The number of hydrogen-bond acceptors (Lipinski definition) is 0. The van der Waals surface area contributed by atoms with Crippen LogP contribution in [0, 0.1) is 5.41 Å². The number of rotatable bonds is 0. The maximum Gasteiger partial charge on any atom is 0.00398 e. The maximum atomic E-state index is 5.70. The summed E-state index contributed by atoms with van der Waals surface area (Å²) in [5, 5.41) is 0. The largest absolute Gasteiger partial charge is 0.0930 e. The van der Waals surface area contributed by atoms with Gasteiger partial charge in [-0.25, -0.2) is 0 Å². The van der Waals surface area contributed by atoms with E-state index >= 15 is 0 Å². The highest BCUT2D eigenvalue weighted by molar-refractivity contribution is 6.25. The first-order valence-electron chi connectivity index (χ1n) is 3.96. The molecule has 0 amide bonds. The molecule has 0 unspecified atom stereocenters. The van der Waals surface area contributed by atoms with Crippen molar-refractivity contribution >= 4 is 11.6 Å². The summed E-state index contributed by atoms with van der Waals surface area (Å²) in [5.74, 6) is 0. The number of allylic oxidation sites excluding steroid dienone is 1. The van der Waals surface area contributed by atoms with E-state index in [1.54, 1.807) is 5.54 Å². The minimum Gasteiger partial charge on any atom is -0.0930 e. The molecule has 0 N–H and O–H groups in total. The van der Waals surface area contributed by atoms with E-state index in [2.05, 4.69) is 13.8 Å². The van der Waals surface area contributed by atoms with Gasteiger partial charge in [0.05, 0.1) is 0 Å². The van der Waals surface area contributed by atoms with Gasteiger partial charge in [-0.3, -0.25) is 0 Å². The van der Waals surface area contributed by atoms with Crippen LogP contribution in [0.1, 0.15) is 39.5 Å². The van der Waals surface area contributed by atoms with Crippen LogP contribution in [0.25, 0.3) is 0 Å². The lowest BCUT2D eigenvalue weighted by Crippen LogP contribution is -2.18. The molecule has 1 heteroatoms. The van der Waals surface area contributed by atoms with Crippen molar-refractivity contribution in [2.45, 2.75) is 39.5 Å². The summed E-state index contributed by atoms with van der Waals surface area (Å²) in [6.45, 7) is 4.56. The van der Waals surface area contributed by atoms with E-state index in [9.17, 15) is 0 Å². The minimum absolute atomic E-state index is 0.375. The first-order chi connectivity index (χ1) is 4.67. The van der Waals surface area contributed by atoms with E-state index in [1.165, 1.54) is 31.3 Å². The molecule has 0 spiro atoms. The number of hydrogen-bond donors (Lipinski definition) is 0. The van der Waals surface area contributed by atoms with E-state index in [0.717, 1.165) is 0 Å². The smallest absolute Gasteiger partial charge is 0.00398 e. The van der Waals surface area contributed by atoms with Crippen LogP contribution in [0.4, 0.5) is 0 Å². The van der Waals surface area contributed by atoms with E-state index < -0.39 is 0 Å². The Bertz CT molecular complexity index is 145. The second kappa shape index (κ2) is 2.96. The van der Waals surface area contributed by atoms with Gasteiger partial charge in [-0.1, -0.05) is 37.4 Å². The molecule has 0 saturated heterocycles. The van der Waals surface area contributed by atoms with Crippen LogP contribution in [0.15, 0.2) is 11.1 Å². The van der Waals surface area contributed by atoms with E-state index in [1.807, 2.05) is 0 Å². The van der Waals surface area contributed by atoms with Crippen LogP contribution in [0.2, 0.25) is 0 Å². The highest BCUT2D eigenvalue weighted by Crippen LogP contribution is 2.39. The fourth-order valence-electron chi connectivity index (χ4n) is 1.58. The lowest BCUT2D eigenvalue weighted by Gasteiger charge is -2.32. The molecular formula is C9H15Cl. The predicted octanol–water partition coefficient (Wildman–Crippen LogP) is 3.71. The molecule has 1 aliphatic rings. The zero-order valence-corrected chi connectivity index (χ0v) is 7.54. The van der Waals surface area contributed by atoms with Gasteiger partial charge in [0.1, 0.15) is 0 Å². The first kappa shape index (κ1) is 8.13. The van der Waals surface area contributed by atoms with Crippen molar-refractivity contribution in [3.63, 3.8) is 0 Å². The lowest BCUT2D eigenvalue weighted by molar-refractivity contribution is 0.337. The van der Waals surface area contributed by atoms with Gasteiger partial charge in [0.2, 0.25) is 0 Å². The van der Waals surface area contributed by atoms with E-state index in [0.29, 0.717) is 5.41 Å². The van der Waals surface area contributed by atoms with Crippen LogP contribution < -0.4 is 0 Å². The Morgan fingerprint density at radius 2 is 2.10 bits per heavy atom. The average molecular weight is 159 g/mol. The van der Waals surface area contributed by atoms with Crippen molar-refractivity contribution in [3.05, 3.63) is 11.1 Å². The molecule has 1 rings (SSSR count). The molecule has 58 valence electrons. The SMILES string of the molecule is CC1(C)CCCC/C1=C/Cl. The highest BCUT2D eigenvalue weighted by Gasteiger charge is 2.25. The van der Waals surface area contributed by atoms with Crippen molar-refractivity contribution < 1.29 is 0 Å². The molecule has 1 fully saturated rings. The Morgan fingerprint density at radius 3 is 2.50 bits per heavy atom. The summed E-state index contributed by atoms with van der Waals surface area (Å²) in [6.07, 6.45) is 5.19. The van der Waals surface area contributed by atoms with Crippen LogP contribution >= 0.6 is 11.6 Å². The molecule has 0 nitrogen and oxygen atoms in total. The molecule has 0 aromatic heterocycles. The molecule has 0 bridgehead atoms. The van der Waals surface area contributed by atoms with Crippen molar-refractivity contribution in [2.24, 2.45) is 5.41 Å². The van der Waals surface area contributed by atoms with Gasteiger partial charge in [-0.15, -0.1) is 0 Å². The first-order valence-corrected chi connectivity index (χ1v) is 4.40. The second-order valence-electron chi connectivity index (χ2n) is 3.73. The summed E-state index contributed by atoms with van der Waals surface area (Å²) in [5.41, 5.74) is 3.58. The minimum atomic E-state index is 0.375. The molecule has 0 atom stereocenters. The fraction of sp³-hybridized carbons (Fsp3) is 0.778. The van der Waals surface area contributed by atoms with Gasteiger partial charge >= 0.3 is 0 Å². The Kier molecular flexibility index (Phi) is 2.40. The standard InChI is InChI=1S/C9H15Cl/c1-9(2)6-4-3-5-8(9)7-10/h7H,3-6H2,1-2H3/b8-7-. The molecule has 1 aliphatic carbocycles. The fourth-order valence-corrected chi connectivity index (χ4v) is 1.99. The van der Waals surface area contributed by atoms with Gasteiger partial charge in [0, 0.05) is 5.54 Å². The topological polar surface area (TPSA) is 0 Å². The zero-order chi connectivity index (χ0) is 7.61. The Hall–Kier alpha value is 0.0300. The van der Waals surface area contributed by atoms with Crippen molar-refractivity contribution in [3.8, 4) is 0 Å². The summed E-state index contributed by atoms with van der Waals surface area (Å²) in [4.78, 5) is 0. The normalized spacial score (nSPS) is 28.9. The third kappa shape index (κ3) is 1.54. The third-order valence-electron chi connectivity index (χ3n) is 2.50. The monoisotopic (exact) mass is 158 g/mol. The molecule has 0 heterocycles. The molecule has 0 radical (unpaired) electrons. The van der Waals surface area contributed by atoms with Gasteiger partial charge in [0.25, 0.3) is 0 Å². The van der Waals surface area contributed by atoms with Crippen LogP contribution in [-0.4, -0.2) is 0 Å². The molecular weight excluding hydrogens is 144 g/mol. The zero-order valence-electron chi connectivity index (χ0n) is 6.78. The van der Waals surface area contributed by atoms with E-state index in [-0.39, 0.29) is 0 Å². The van der Waals surface area contributed by atoms with Crippen molar-refractivity contribution in [2.75, 3.05) is 0 Å². The third-order valence-corrected chi connectivity index (χ3v) is 2.76. The molecule has 1 saturated carbocycles. The lowest BCUT2D eigenvalue weighted by atomic mass is 9.74. The van der Waals surface area contributed by atoms with Crippen LogP contribution in [-0.2, 0) is 0 Å². The van der Waals surface area contributed by atoms with E-state index in [4.69, 9.17) is 11.6 Å². The summed E-state index contributed by atoms with van der Waals surface area (Å²) in [7, 11) is 0. The predicted molar refractivity (Wildman–Crippen MR) is 46.2 cm³/mol. The molecule has 0 aromatic rings. The van der Waals surface area contributed by atoms with Gasteiger partial charge in [0.15, 0.2) is 0 Å². The molecule has 10 heavy (non-hydrogen) atoms. The van der Waals surface area contributed by atoms with Gasteiger partial charge in [-0.2, -0.15) is 0 Å². The molecule has 0 aromatic carbocycles. The maximum absolute atomic E-state index is 5.70. The summed E-state index contributed by atoms with van der Waals surface area (Å²) >= 11 is 5.70. The second-order valence-corrected chi connectivity index (χ2v) is 3.94. The van der Waals surface area contributed by atoms with Crippen LogP contribution in [0.5, 0.6) is 0 Å². The summed E-state index contributed by atoms with van der Waals surface area (Å²) < 4.78 is 0. The Morgan fingerprint density at radius 1 is 1.40 bits per heavy atom. The summed E-state index contributed by atoms with van der Waals surface area (Å²) in [6, 6.07) is 0. The van der Waals surface area contributed by atoms with Crippen molar-refractivity contribution in [1.29, 1.82) is 0 Å². The Balaban J connectivity index is 2.70. The van der Waals surface area contributed by atoms with Crippen LogP contribution in [0.3, 0.4) is 0 Å². The highest BCUT2D eigenvalue weighted by atomic mass is 35.5. The van der Waals surface area contributed by atoms with Crippen molar-refractivity contribution in [1.82, 2.24) is 0 Å².